The van der Waals surface area contributed by atoms with Crippen LogP contribution in [0.2, 0.25) is 0 Å². The Morgan fingerprint density at radius 3 is 3.12 bits per heavy atom. The molecular formula is C13H23N3S. The second-order valence-corrected chi connectivity index (χ2v) is 5.76. The van der Waals surface area contributed by atoms with Crippen molar-refractivity contribution in [1.82, 2.24) is 15.2 Å². The Bertz CT molecular complexity index is 306. The molecule has 1 aromatic rings. The van der Waals surface area contributed by atoms with Crippen molar-refractivity contribution in [2.24, 2.45) is 0 Å². The van der Waals surface area contributed by atoms with Crippen molar-refractivity contribution in [2.45, 2.75) is 45.2 Å². The first-order valence-electron chi connectivity index (χ1n) is 6.68. The highest BCUT2D eigenvalue weighted by molar-refractivity contribution is 7.09. The summed E-state index contributed by atoms with van der Waals surface area (Å²) in [5, 5.41) is 6.91. The van der Waals surface area contributed by atoms with E-state index in [2.05, 4.69) is 34.4 Å². The van der Waals surface area contributed by atoms with Gasteiger partial charge >= 0.3 is 0 Å². The highest BCUT2D eigenvalue weighted by Gasteiger charge is 2.22. The number of hydrogen-bond acceptors (Lipinski definition) is 4. The molecule has 1 saturated heterocycles. The predicted octanol–water partition coefficient (Wildman–Crippen LogP) is 2.67. The molecule has 17 heavy (non-hydrogen) atoms. The van der Waals surface area contributed by atoms with Gasteiger partial charge in [0.1, 0.15) is 5.01 Å². The molecule has 2 rings (SSSR count). The molecule has 96 valence electrons. The molecule has 2 unspecified atom stereocenters. The number of hydrogen-bond donors (Lipinski definition) is 1. The summed E-state index contributed by atoms with van der Waals surface area (Å²) in [7, 11) is 0. The van der Waals surface area contributed by atoms with Crippen LogP contribution < -0.4 is 5.32 Å². The quantitative estimate of drug-likeness (QED) is 0.845. The highest BCUT2D eigenvalue weighted by Crippen LogP contribution is 2.23. The Kier molecular flexibility index (Phi) is 4.95. The molecule has 3 nitrogen and oxygen atoms in total. The molecule has 4 heteroatoms. The van der Waals surface area contributed by atoms with Gasteiger partial charge in [-0.3, -0.25) is 4.90 Å². The van der Waals surface area contributed by atoms with Gasteiger partial charge in [-0.25, -0.2) is 4.98 Å². The number of thiazole rings is 1. The molecule has 1 aliphatic rings. The zero-order valence-corrected chi connectivity index (χ0v) is 11.7. The third-order valence-corrected chi connectivity index (χ3v) is 4.43. The van der Waals surface area contributed by atoms with Crippen LogP contribution in [0, 0.1) is 0 Å². The maximum absolute atomic E-state index is 4.45. The Labute approximate surface area is 108 Å². The first-order valence-corrected chi connectivity index (χ1v) is 7.56. The average Bonchev–Trinajstić information content (AvgIpc) is 3.00. The van der Waals surface area contributed by atoms with Crippen molar-refractivity contribution in [3.63, 3.8) is 0 Å². The van der Waals surface area contributed by atoms with Crippen molar-refractivity contribution in [1.29, 1.82) is 0 Å². The largest absolute Gasteiger partial charge is 0.313 e. The summed E-state index contributed by atoms with van der Waals surface area (Å²) in [6, 6.07) is 1.14. The zero-order chi connectivity index (χ0) is 12.1. The van der Waals surface area contributed by atoms with E-state index < -0.39 is 0 Å². The molecular weight excluding hydrogens is 230 g/mol. The lowest BCUT2D eigenvalue weighted by atomic mass is 10.2. The predicted molar refractivity (Wildman–Crippen MR) is 73.4 cm³/mol. The highest BCUT2D eigenvalue weighted by atomic mass is 32.1. The zero-order valence-electron chi connectivity index (χ0n) is 10.9. The van der Waals surface area contributed by atoms with Crippen LogP contribution >= 0.6 is 11.3 Å². The second kappa shape index (κ2) is 6.47. The molecule has 0 aliphatic carbocycles. The topological polar surface area (TPSA) is 28.2 Å². The number of rotatable bonds is 6. The lowest BCUT2D eigenvalue weighted by molar-refractivity contribution is 0.192. The second-order valence-electron chi connectivity index (χ2n) is 4.83. The fraction of sp³-hybridized carbons (Fsp3) is 0.769. The van der Waals surface area contributed by atoms with E-state index in [0.29, 0.717) is 12.1 Å². The fourth-order valence-electron chi connectivity index (χ4n) is 2.52. The number of nitrogens with one attached hydrogen (secondary N) is 1. The van der Waals surface area contributed by atoms with Crippen LogP contribution in [0.1, 0.15) is 44.2 Å². The number of aromatic nitrogens is 1. The van der Waals surface area contributed by atoms with Crippen molar-refractivity contribution >= 4 is 11.3 Å². The lowest BCUT2D eigenvalue weighted by Crippen LogP contribution is -2.39. The van der Waals surface area contributed by atoms with Crippen LogP contribution in [0.25, 0.3) is 0 Å². The van der Waals surface area contributed by atoms with E-state index in [1.54, 1.807) is 11.3 Å². The molecule has 1 aromatic heterocycles. The Hall–Kier alpha value is -0.450. The molecule has 2 atom stereocenters. The van der Waals surface area contributed by atoms with Gasteiger partial charge in [0.15, 0.2) is 0 Å². The minimum absolute atomic E-state index is 0.456. The maximum atomic E-state index is 4.45. The molecule has 1 N–H and O–H groups in total. The monoisotopic (exact) mass is 253 g/mol. The van der Waals surface area contributed by atoms with Gasteiger partial charge < -0.3 is 5.32 Å². The first kappa shape index (κ1) is 13.0. The van der Waals surface area contributed by atoms with E-state index in [9.17, 15) is 0 Å². The van der Waals surface area contributed by atoms with E-state index in [1.165, 1.54) is 37.4 Å². The molecule has 1 fully saturated rings. The molecule has 0 spiro atoms. The maximum Gasteiger partial charge on any atom is 0.109 e. The molecule has 0 radical (unpaired) electrons. The van der Waals surface area contributed by atoms with Gasteiger partial charge in [0.05, 0.1) is 6.04 Å². The average molecular weight is 253 g/mol. The summed E-state index contributed by atoms with van der Waals surface area (Å²) in [4.78, 5) is 7.02. The van der Waals surface area contributed by atoms with Gasteiger partial charge in [0.25, 0.3) is 0 Å². The van der Waals surface area contributed by atoms with Gasteiger partial charge in [-0.2, -0.15) is 0 Å². The van der Waals surface area contributed by atoms with Gasteiger partial charge in [0.2, 0.25) is 0 Å². The first-order chi connectivity index (χ1) is 8.31. The molecule has 1 aliphatic heterocycles. The van der Waals surface area contributed by atoms with Crippen LogP contribution in [0.15, 0.2) is 11.6 Å². The van der Waals surface area contributed by atoms with Crippen LogP contribution in [0.5, 0.6) is 0 Å². The summed E-state index contributed by atoms with van der Waals surface area (Å²) in [5.41, 5.74) is 0. The molecule has 0 saturated carbocycles. The smallest absolute Gasteiger partial charge is 0.109 e. The fourth-order valence-corrected chi connectivity index (χ4v) is 3.25. The van der Waals surface area contributed by atoms with Gasteiger partial charge in [0, 0.05) is 24.2 Å². The normalized spacial score (nSPS) is 22.2. The van der Waals surface area contributed by atoms with Gasteiger partial charge in [-0.1, -0.05) is 6.92 Å². The van der Waals surface area contributed by atoms with Crippen LogP contribution in [0.3, 0.4) is 0 Å². The summed E-state index contributed by atoms with van der Waals surface area (Å²) < 4.78 is 0. The van der Waals surface area contributed by atoms with Crippen molar-refractivity contribution < 1.29 is 0 Å². The minimum atomic E-state index is 0.456. The number of nitrogens with zero attached hydrogens (tertiary/aromatic N) is 2. The van der Waals surface area contributed by atoms with Gasteiger partial charge in [-0.15, -0.1) is 11.3 Å². The molecule has 0 bridgehead atoms. The summed E-state index contributed by atoms with van der Waals surface area (Å²) in [5.74, 6) is 0. The molecule has 0 aromatic carbocycles. The summed E-state index contributed by atoms with van der Waals surface area (Å²) in [6.07, 6.45) is 5.78. The van der Waals surface area contributed by atoms with E-state index in [4.69, 9.17) is 0 Å². The van der Waals surface area contributed by atoms with E-state index in [1.807, 2.05) is 6.20 Å². The Morgan fingerprint density at radius 1 is 1.65 bits per heavy atom. The molecule has 0 amide bonds. The molecule has 2 heterocycles. The Morgan fingerprint density at radius 2 is 2.53 bits per heavy atom. The van der Waals surface area contributed by atoms with E-state index in [-0.39, 0.29) is 0 Å². The lowest BCUT2D eigenvalue weighted by Gasteiger charge is -2.30. The summed E-state index contributed by atoms with van der Waals surface area (Å²) >= 11 is 1.77. The van der Waals surface area contributed by atoms with E-state index in [0.717, 1.165) is 6.54 Å². The van der Waals surface area contributed by atoms with Crippen LogP contribution in [-0.2, 0) is 0 Å². The van der Waals surface area contributed by atoms with Crippen molar-refractivity contribution in [3.05, 3.63) is 16.6 Å². The van der Waals surface area contributed by atoms with Gasteiger partial charge in [-0.05, 0) is 39.3 Å². The van der Waals surface area contributed by atoms with Crippen molar-refractivity contribution in [3.8, 4) is 0 Å². The third-order valence-electron chi connectivity index (χ3n) is 3.48. The van der Waals surface area contributed by atoms with Crippen LogP contribution in [0.4, 0.5) is 0 Å². The third kappa shape index (κ3) is 3.50. The SMILES string of the molecule is CCCN(CC1CCCN1)C(C)c1nccs1. The van der Waals surface area contributed by atoms with E-state index >= 15 is 0 Å². The standard InChI is InChI=1S/C13H23N3S/c1-3-8-16(10-12-5-4-6-14-12)11(2)13-15-7-9-17-13/h7,9,11-12,14H,3-6,8,10H2,1-2H3. The minimum Gasteiger partial charge on any atom is -0.313 e. The summed E-state index contributed by atoms with van der Waals surface area (Å²) in [6.45, 7) is 8.05. The van der Waals surface area contributed by atoms with Crippen LogP contribution in [-0.4, -0.2) is 35.6 Å². The Balaban J connectivity index is 1.95. The van der Waals surface area contributed by atoms with Crippen molar-refractivity contribution in [2.75, 3.05) is 19.6 Å².